The summed E-state index contributed by atoms with van der Waals surface area (Å²) in [5.74, 6) is -0.222. The van der Waals surface area contributed by atoms with E-state index in [0.29, 0.717) is 18.8 Å². The number of hydrogen-bond acceptors (Lipinski definition) is 4. The van der Waals surface area contributed by atoms with Crippen LogP contribution in [0.5, 0.6) is 5.75 Å². The SMILES string of the molecule is O=C(Nc1cc(CN2CCCC2)c(O)c(CN2CCCC2)c1)c1ccc(C(F)(F)F)cc1. The summed E-state index contributed by atoms with van der Waals surface area (Å²) in [4.78, 5) is 17.2. The monoisotopic (exact) mass is 447 g/mol. The van der Waals surface area contributed by atoms with E-state index in [2.05, 4.69) is 15.1 Å². The molecule has 2 fully saturated rings. The second kappa shape index (κ2) is 9.50. The smallest absolute Gasteiger partial charge is 0.416 e. The molecule has 2 saturated heterocycles. The maximum Gasteiger partial charge on any atom is 0.416 e. The topological polar surface area (TPSA) is 55.8 Å². The van der Waals surface area contributed by atoms with Crippen LogP contribution in [0.1, 0.15) is 52.7 Å². The minimum Gasteiger partial charge on any atom is -0.507 e. The van der Waals surface area contributed by atoms with Crippen LogP contribution in [0.15, 0.2) is 36.4 Å². The van der Waals surface area contributed by atoms with Crippen molar-refractivity contribution in [3.8, 4) is 5.75 Å². The van der Waals surface area contributed by atoms with Gasteiger partial charge in [0.1, 0.15) is 5.75 Å². The summed E-state index contributed by atoms with van der Waals surface area (Å²) in [5.41, 5.74) is 1.40. The second-order valence-electron chi connectivity index (χ2n) is 8.64. The molecule has 2 aromatic rings. The lowest BCUT2D eigenvalue weighted by molar-refractivity contribution is -0.137. The van der Waals surface area contributed by atoms with Crippen molar-refractivity contribution in [2.24, 2.45) is 0 Å². The molecular formula is C24H28F3N3O2. The first-order chi connectivity index (χ1) is 15.3. The number of nitrogens with zero attached hydrogens (tertiary/aromatic N) is 2. The number of carbonyl (C=O) groups excluding carboxylic acids is 1. The number of alkyl halides is 3. The Morgan fingerprint density at radius 3 is 1.78 bits per heavy atom. The molecule has 0 aromatic heterocycles. The normalized spacial score (nSPS) is 17.7. The maximum atomic E-state index is 12.8. The fraction of sp³-hybridized carbons (Fsp3) is 0.458. The van der Waals surface area contributed by atoms with Gasteiger partial charge in [-0.15, -0.1) is 0 Å². The van der Waals surface area contributed by atoms with Crippen molar-refractivity contribution < 1.29 is 23.1 Å². The highest BCUT2D eigenvalue weighted by Crippen LogP contribution is 2.32. The molecule has 2 aliphatic rings. The third-order valence-electron chi connectivity index (χ3n) is 6.19. The first kappa shape index (κ1) is 22.6. The highest BCUT2D eigenvalue weighted by molar-refractivity contribution is 6.04. The summed E-state index contributed by atoms with van der Waals surface area (Å²) in [6.45, 7) is 5.10. The standard InChI is InChI=1S/C24H28F3N3O2/c25-24(26,27)20-7-5-17(6-8-20)23(32)28-21-13-18(15-29-9-1-2-10-29)22(31)19(14-21)16-30-11-3-4-12-30/h5-8,13-14,31H,1-4,9-12,15-16H2,(H,28,32). The zero-order valence-electron chi connectivity index (χ0n) is 17.9. The second-order valence-corrected chi connectivity index (χ2v) is 8.64. The number of amides is 1. The number of anilines is 1. The molecular weight excluding hydrogens is 419 g/mol. The number of carbonyl (C=O) groups is 1. The molecule has 32 heavy (non-hydrogen) atoms. The van der Waals surface area contributed by atoms with Crippen molar-refractivity contribution in [1.82, 2.24) is 9.80 Å². The summed E-state index contributed by atoms with van der Waals surface area (Å²) >= 11 is 0. The van der Waals surface area contributed by atoms with Gasteiger partial charge in [0.05, 0.1) is 5.56 Å². The average Bonchev–Trinajstić information content (AvgIpc) is 3.45. The number of likely N-dealkylation sites (tertiary alicyclic amines) is 2. The van der Waals surface area contributed by atoms with E-state index >= 15 is 0 Å². The number of aromatic hydroxyl groups is 1. The van der Waals surface area contributed by atoms with Gasteiger partial charge in [-0.1, -0.05) is 0 Å². The van der Waals surface area contributed by atoms with E-state index < -0.39 is 17.6 Å². The molecule has 2 N–H and O–H groups in total. The Labute approximate surface area is 185 Å². The van der Waals surface area contributed by atoms with Crippen LogP contribution < -0.4 is 5.32 Å². The average molecular weight is 448 g/mol. The van der Waals surface area contributed by atoms with Crippen LogP contribution in [0.4, 0.5) is 18.9 Å². The summed E-state index contributed by atoms with van der Waals surface area (Å²) in [6, 6.07) is 7.70. The highest BCUT2D eigenvalue weighted by Gasteiger charge is 2.30. The van der Waals surface area contributed by atoms with E-state index in [-0.39, 0.29) is 11.3 Å². The molecule has 4 rings (SSSR count). The number of rotatable bonds is 6. The molecule has 5 nitrogen and oxygen atoms in total. The van der Waals surface area contributed by atoms with Crippen molar-refractivity contribution in [2.45, 2.75) is 44.9 Å². The summed E-state index contributed by atoms with van der Waals surface area (Å²) in [7, 11) is 0. The quantitative estimate of drug-likeness (QED) is 0.622. The largest absolute Gasteiger partial charge is 0.507 e. The van der Waals surface area contributed by atoms with E-state index in [1.165, 1.54) is 12.1 Å². The minimum absolute atomic E-state index is 0.147. The third-order valence-corrected chi connectivity index (χ3v) is 6.19. The first-order valence-corrected chi connectivity index (χ1v) is 11.1. The highest BCUT2D eigenvalue weighted by atomic mass is 19.4. The van der Waals surface area contributed by atoms with Crippen molar-refractivity contribution in [3.05, 3.63) is 58.7 Å². The predicted molar refractivity (Wildman–Crippen MR) is 117 cm³/mol. The summed E-state index contributed by atoms with van der Waals surface area (Å²) < 4.78 is 38.4. The van der Waals surface area contributed by atoms with Crippen molar-refractivity contribution >= 4 is 11.6 Å². The van der Waals surface area contributed by atoms with Crippen LogP contribution >= 0.6 is 0 Å². The number of phenolic OH excluding ortho intramolecular Hbond substituents is 1. The van der Waals surface area contributed by atoms with E-state index in [0.717, 1.165) is 75.1 Å². The maximum absolute atomic E-state index is 12.8. The minimum atomic E-state index is -4.44. The lowest BCUT2D eigenvalue weighted by Crippen LogP contribution is -2.21. The van der Waals surface area contributed by atoms with Gasteiger partial charge in [0, 0.05) is 35.5 Å². The van der Waals surface area contributed by atoms with Crippen molar-refractivity contribution in [1.29, 1.82) is 0 Å². The predicted octanol–water partition coefficient (Wildman–Crippen LogP) is 4.85. The zero-order chi connectivity index (χ0) is 22.7. The molecule has 1 amide bonds. The Morgan fingerprint density at radius 1 is 0.875 bits per heavy atom. The van der Waals surface area contributed by atoms with Crippen LogP contribution in [0.2, 0.25) is 0 Å². The first-order valence-electron chi connectivity index (χ1n) is 11.1. The van der Waals surface area contributed by atoms with Crippen LogP contribution in [0.3, 0.4) is 0 Å². The molecule has 0 atom stereocenters. The van der Waals surface area contributed by atoms with Gasteiger partial charge in [0.25, 0.3) is 5.91 Å². The Morgan fingerprint density at radius 2 is 1.34 bits per heavy atom. The molecule has 172 valence electrons. The molecule has 0 aliphatic carbocycles. The summed E-state index contributed by atoms with van der Waals surface area (Å²) in [6.07, 6.45) is 0.0793. The molecule has 0 saturated carbocycles. The van der Waals surface area contributed by atoms with Gasteiger partial charge < -0.3 is 10.4 Å². The molecule has 2 heterocycles. The number of hydrogen-bond donors (Lipinski definition) is 2. The van der Waals surface area contributed by atoms with Gasteiger partial charge in [-0.25, -0.2) is 0 Å². The molecule has 0 unspecified atom stereocenters. The number of halogens is 3. The zero-order valence-corrected chi connectivity index (χ0v) is 17.9. The lowest BCUT2D eigenvalue weighted by Gasteiger charge is -2.21. The Bertz CT molecular complexity index is 909. The van der Waals surface area contributed by atoms with Crippen LogP contribution in [0, 0.1) is 0 Å². The Balaban J connectivity index is 1.56. The Hall–Kier alpha value is -2.58. The van der Waals surface area contributed by atoms with E-state index in [1.807, 2.05) is 0 Å². The van der Waals surface area contributed by atoms with Crippen LogP contribution in [0.25, 0.3) is 0 Å². The number of benzene rings is 2. The number of phenols is 1. The number of nitrogens with one attached hydrogen (secondary N) is 1. The van der Waals surface area contributed by atoms with Gasteiger partial charge in [0.15, 0.2) is 0 Å². The van der Waals surface area contributed by atoms with E-state index in [1.54, 1.807) is 12.1 Å². The van der Waals surface area contributed by atoms with E-state index in [4.69, 9.17) is 0 Å². The molecule has 0 radical (unpaired) electrons. The fourth-order valence-electron chi connectivity index (χ4n) is 4.45. The third kappa shape index (κ3) is 5.42. The van der Waals surface area contributed by atoms with Crippen LogP contribution in [-0.2, 0) is 19.3 Å². The van der Waals surface area contributed by atoms with Gasteiger partial charge in [0.2, 0.25) is 0 Å². The molecule has 0 spiro atoms. The van der Waals surface area contributed by atoms with Gasteiger partial charge >= 0.3 is 6.18 Å². The van der Waals surface area contributed by atoms with Gasteiger partial charge in [-0.3, -0.25) is 14.6 Å². The molecule has 8 heteroatoms. The van der Waals surface area contributed by atoms with Crippen molar-refractivity contribution in [3.63, 3.8) is 0 Å². The van der Waals surface area contributed by atoms with Gasteiger partial charge in [-0.05, 0) is 88.3 Å². The van der Waals surface area contributed by atoms with Gasteiger partial charge in [-0.2, -0.15) is 13.2 Å². The molecule has 0 bridgehead atoms. The van der Waals surface area contributed by atoms with E-state index in [9.17, 15) is 23.1 Å². The fourth-order valence-corrected chi connectivity index (χ4v) is 4.45. The molecule has 2 aromatic carbocycles. The van der Waals surface area contributed by atoms with Crippen LogP contribution in [-0.4, -0.2) is 47.0 Å². The Kier molecular flexibility index (Phi) is 6.71. The van der Waals surface area contributed by atoms with Crippen molar-refractivity contribution in [2.75, 3.05) is 31.5 Å². The molecule has 2 aliphatic heterocycles. The lowest BCUT2D eigenvalue weighted by atomic mass is 10.0. The summed E-state index contributed by atoms with van der Waals surface area (Å²) in [5, 5.41) is 13.7.